The molecule has 0 aliphatic carbocycles. The van der Waals surface area contributed by atoms with Crippen molar-refractivity contribution in [3.63, 3.8) is 0 Å². The fourth-order valence-electron chi connectivity index (χ4n) is 3.43. The molecule has 0 spiro atoms. The number of benzene rings is 4. The second-order valence-electron chi connectivity index (χ2n) is 8.35. The number of rotatable bonds is 8. The molecular weight excluding hydrogens is 548 g/mol. The number of carbonyl (C=O) groups is 4. The first-order valence-electron chi connectivity index (χ1n) is 12.1. The molecule has 0 saturated heterocycles. The van der Waals surface area contributed by atoms with E-state index in [4.69, 9.17) is 21.1 Å². The fraction of sp³-hybridized carbons (Fsp3) is 0.0333. The number of nitrogens with one attached hydrogen (secondary N) is 3. The molecule has 3 N–H and O–H groups in total. The molecule has 0 aliphatic heterocycles. The molecule has 206 valence electrons. The van der Waals surface area contributed by atoms with Gasteiger partial charge in [0.25, 0.3) is 5.91 Å². The first-order chi connectivity index (χ1) is 19.8. The molecule has 0 aliphatic rings. The second kappa shape index (κ2) is 13.5. The van der Waals surface area contributed by atoms with Gasteiger partial charge in [0.1, 0.15) is 11.5 Å². The van der Waals surface area contributed by atoms with Crippen LogP contribution in [-0.2, 0) is 9.59 Å². The molecule has 10 nitrogen and oxygen atoms in total. The van der Waals surface area contributed by atoms with Crippen LogP contribution in [0.5, 0.6) is 11.5 Å². The van der Waals surface area contributed by atoms with Crippen molar-refractivity contribution in [2.45, 2.75) is 0 Å². The van der Waals surface area contributed by atoms with E-state index in [0.717, 1.165) is 0 Å². The molecule has 4 aromatic rings. The van der Waals surface area contributed by atoms with Gasteiger partial charge >= 0.3 is 17.8 Å². The summed E-state index contributed by atoms with van der Waals surface area (Å²) in [5, 5.41) is 9.43. The monoisotopic (exact) mass is 570 g/mol. The van der Waals surface area contributed by atoms with Crippen LogP contribution >= 0.6 is 11.6 Å². The highest BCUT2D eigenvalue weighted by atomic mass is 35.5. The number of nitrogens with zero attached hydrogens (tertiary/aromatic N) is 1. The van der Waals surface area contributed by atoms with E-state index in [0.29, 0.717) is 33.3 Å². The van der Waals surface area contributed by atoms with Crippen LogP contribution < -0.4 is 25.5 Å². The van der Waals surface area contributed by atoms with Gasteiger partial charge in [0.15, 0.2) is 0 Å². The smallest absolute Gasteiger partial charge is 0.343 e. The van der Waals surface area contributed by atoms with Crippen molar-refractivity contribution in [3.05, 3.63) is 119 Å². The average Bonchev–Trinajstić information content (AvgIpc) is 2.99. The summed E-state index contributed by atoms with van der Waals surface area (Å²) in [5.74, 6) is -2.15. The van der Waals surface area contributed by atoms with Crippen molar-refractivity contribution >= 4 is 52.9 Å². The van der Waals surface area contributed by atoms with Gasteiger partial charge in [-0.2, -0.15) is 5.10 Å². The van der Waals surface area contributed by atoms with E-state index >= 15 is 0 Å². The number of esters is 1. The number of carbonyl (C=O) groups excluding carboxylic acids is 4. The Balaban J connectivity index is 1.29. The number of halogens is 1. The molecule has 0 aromatic heterocycles. The lowest BCUT2D eigenvalue weighted by Gasteiger charge is -2.11. The average molecular weight is 571 g/mol. The zero-order valence-electron chi connectivity index (χ0n) is 21.6. The Labute approximate surface area is 239 Å². The van der Waals surface area contributed by atoms with Crippen molar-refractivity contribution in [3.8, 4) is 11.5 Å². The van der Waals surface area contributed by atoms with E-state index in [1.54, 1.807) is 84.9 Å². The molecule has 0 saturated carbocycles. The van der Waals surface area contributed by atoms with E-state index in [2.05, 4.69) is 21.2 Å². The third kappa shape index (κ3) is 8.01. The van der Waals surface area contributed by atoms with Gasteiger partial charge in [0, 0.05) is 10.7 Å². The Bertz CT molecular complexity index is 1590. The quantitative estimate of drug-likeness (QED) is 0.0905. The van der Waals surface area contributed by atoms with Crippen LogP contribution in [0.2, 0.25) is 5.02 Å². The van der Waals surface area contributed by atoms with E-state index in [1.165, 1.54) is 25.5 Å². The van der Waals surface area contributed by atoms with Crippen LogP contribution in [0, 0.1) is 0 Å². The predicted octanol–water partition coefficient (Wildman–Crippen LogP) is 4.91. The first kappa shape index (κ1) is 28.5. The van der Waals surface area contributed by atoms with Gasteiger partial charge in [-0.1, -0.05) is 23.7 Å². The van der Waals surface area contributed by atoms with E-state index in [1.807, 2.05) is 0 Å². The molecule has 0 atom stereocenters. The minimum Gasteiger partial charge on any atom is -0.497 e. The van der Waals surface area contributed by atoms with Crippen molar-refractivity contribution in [2.24, 2.45) is 5.10 Å². The molecule has 4 rings (SSSR count). The number of amides is 3. The van der Waals surface area contributed by atoms with Crippen LogP contribution in [-0.4, -0.2) is 37.0 Å². The summed E-state index contributed by atoms with van der Waals surface area (Å²) in [6.07, 6.45) is 1.31. The zero-order chi connectivity index (χ0) is 29.2. The highest BCUT2D eigenvalue weighted by molar-refractivity contribution is 6.40. The Morgan fingerprint density at radius 1 is 0.756 bits per heavy atom. The molecule has 0 radical (unpaired) electrons. The molecule has 0 bridgehead atoms. The maximum Gasteiger partial charge on any atom is 0.343 e. The molecular formula is C30H23ClN4O6. The van der Waals surface area contributed by atoms with Crippen molar-refractivity contribution in [1.29, 1.82) is 0 Å². The summed E-state index contributed by atoms with van der Waals surface area (Å²) in [6.45, 7) is 0. The first-order valence-corrected chi connectivity index (χ1v) is 12.5. The van der Waals surface area contributed by atoms with Crippen molar-refractivity contribution in [2.75, 3.05) is 17.7 Å². The van der Waals surface area contributed by atoms with Crippen LogP contribution in [0.4, 0.5) is 11.4 Å². The summed E-state index contributed by atoms with van der Waals surface area (Å²) in [7, 11) is 1.53. The molecule has 0 unspecified atom stereocenters. The number of hydrogen-bond donors (Lipinski definition) is 3. The van der Waals surface area contributed by atoms with Gasteiger partial charge in [-0.3, -0.25) is 14.4 Å². The highest BCUT2D eigenvalue weighted by Gasteiger charge is 2.18. The van der Waals surface area contributed by atoms with Crippen LogP contribution in [0.1, 0.15) is 26.3 Å². The predicted molar refractivity (Wildman–Crippen MR) is 155 cm³/mol. The van der Waals surface area contributed by atoms with E-state index in [-0.39, 0.29) is 11.3 Å². The van der Waals surface area contributed by atoms with Crippen LogP contribution in [0.3, 0.4) is 0 Å². The minimum absolute atomic E-state index is 0.142. The SMILES string of the molecule is COc1ccc(C(=O)Oc2ccc(/C=N/NC(=O)C(=O)Nc3ccccc3C(=O)Nc3ccc(Cl)cc3)cc2)cc1. The van der Waals surface area contributed by atoms with Crippen molar-refractivity contribution < 1.29 is 28.7 Å². The number of hydrazone groups is 1. The lowest BCUT2D eigenvalue weighted by atomic mass is 10.1. The summed E-state index contributed by atoms with van der Waals surface area (Å²) < 4.78 is 10.4. The summed E-state index contributed by atoms with van der Waals surface area (Å²) in [5.41, 5.74) is 3.87. The highest BCUT2D eigenvalue weighted by Crippen LogP contribution is 2.19. The minimum atomic E-state index is -1.04. The van der Waals surface area contributed by atoms with Gasteiger partial charge in [0.2, 0.25) is 0 Å². The molecule has 11 heteroatoms. The van der Waals surface area contributed by atoms with E-state index < -0.39 is 23.7 Å². The maximum absolute atomic E-state index is 12.7. The molecule has 4 aromatic carbocycles. The van der Waals surface area contributed by atoms with Gasteiger partial charge in [0.05, 0.1) is 30.1 Å². The largest absolute Gasteiger partial charge is 0.497 e. The zero-order valence-corrected chi connectivity index (χ0v) is 22.3. The molecule has 41 heavy (non-hydrogen) atoms. The third-order valence-electron chi connectivity index (χ3n) is 5.52. The number of hydrogen-bond acceptors (Lipinski definition) is 7. The van der Waals surface area contributed by atoms with Crippen molar-refractivity contribution in [1.82, 2.24) is 5.43 Å². The maximum atomic E-state index is 12.7. The molecule has 0 heterocycles. The number of ether oxygens (including phenoxy) is 2. The summed E-state index contributed by atoms with van der Waals surface area (Å²) in [6, 6.07) is 25.6. The summed E-state index contributed by atoms with van der Waals surface area (Å²) >= 11 is 5.87. The number of anilines is 2. The molecule has 3 amide bonds. The Kier molecular flexibility index (Phi) is 9.42. The lowest BCUT2D eigenvalue weighted by Crippen LogP contribution is -2.33. The van der Waals surface area contributed by atoms with Gasteiger partial charge in [-0.15, -0.1) is 0 Å². The summed E-state index contributed by atoms with van der Waals surface area (Å²) in [4.78, 5) is 49.7. The van der Waals surface area contributed by atoms with Crippen LogP contribution in [0.15, 0.2) is 102 Å². The third-order valence-corrected chi connectivity index (χ3v) is 5.78. The second-order valence-corrected chi connectivity index (χ2v) is 8.78. The van der Waals surface area contributed by atoms with Gasteiger partial charge in [-0.25, -0.2) is 10.2 Å². The van der Waals surface area contributed by atoms with E-state index in [9.17, 15) is 19.2 Å². The number of methoxy groups -OCH3 is 1. The molecule has 0 fully saturated rings. The Hall–Kier alpha value is -5.48. The Morgan fingerprint density at radius 2 is 1.41 bits per heavy atom. The van der Waals surface area contributed by atoms with Gasteiger partial charge in [-0.05, 0) is 90.5 Å². The number of para-hydroxylation sites is 1. The fourth-order valence-corrected chi connectivity index (χ4v) is 3.56. The van der Waals surface area contributed by atoms with Crippen LogP contribution in [0.25, 0.3) is 0 Å². The normalized spacial score (nSPS) is 10.5. The van der Waals surface area contributed by atoms with Gasteiger partial charge < -0.3 is 20.1 Å². The topological polar surface area (TPSA) is 135 Å². The standard InChI is InChI=1S/C30H23ClN4O6/c1-40-23-16-8-20(9-17-23)30(39)41-24-14-6-19(7-15-24)18-32-35-29(38)28(37)34-26-5-3-2-4-25(26)27(36)33-22-12-10-21(31)11-13-22/h2-18H,1H3,(H,33,36)(H,34,37)(H,35,38)/b32-18+. The Morgan fingerprint density at radius 3 is 2.10 bits per heavy atom. The lowest BCUT2D eigenvalue weighted by molar-refractivity contribution is -0.136.